The molecular formula is C16H21NO4S. The van der Waals surface area contributed by atoms with Gasteiger partial charge >= 0.3 is 0 Å². The zero-order valence-corrected chi connectivity index (χ0v) is 13.7. The minimum atomic E-state index is -3.06. The molecule has 1 aromatic rings. The van der Waals surface area contributed by atoms with Crippen molar-refractivity contribution in [1.29, 1.82) is 0 Å². The number of hydrogen-bond acceptors (Lipinski definition) is 4. The Morgan fingerprint density at radius 1 is 1.18 bits per heavy atom. The molecular weight excluding hydrogens is 302 g/mol. The molecule has 1 fully saturated rings. The summed E-state index contributed by atoms with van der Waals surface area (Å²) in [6, 6.07) is 7.22. The first-order chi connectivity index (χ1) is 10.2. The Labute approximate surface area is 131 Å². The Kier molecular flexibility index (Phi) is 4.70. The van der Waals surface area contributed by atoms with Crippen molar-refractivity contribution in [3.05, 3.63) is 35.4 Å². The summed E-state index contributed by atoms with van der Waals surface area (Å²) in [5.74, 6) is -0.289. The minimum absolute atomic E-state index is 0.0301. The molecule has 0 aliphatic carbocycles. The van der Waals surface area contributed by atoms with E-state index in [1.165, 1.54) is 0 Å². The summed E-state index contributed by atoms with van der Waals surface area (Å²) in [4.78, 5) is 24.0. The van der Waals surface area contributed by atoms with Gasteiger partial charge in [0, 0.05) is 18.4 Å². The van der Waals surface area contributed by atoms with E-state index in [1.54, 1.807) is 19.1 Å². The third-order valence-electron chi connectivity index (χ3n) is 3.90. The van der Waals surface area contributed by atoms with E-state index < -0.39 is 15.4 Å². The van der Waals surface area contributed by atoms with Crippen LogP contribution in [0.2, 0.25) is 0 Å². The maximum Gasteiger partial charge on any atom is 0.220 e. The molecule has 0 radical (unpaired) electrons. The van der Waals surface area contributed by atoms with Crippen LogP contribution in [0.15, 0.2) is 24.3 Å². The van der Waals surface area contributed by atoms with Crippen LogP contribution in [-0.4, -0.2) is 37.2 Å². The predicted molar refractivity (Wildman–Crippen MR) is 84.6 cm³/mol. The molecule has 2 rings (SSSR count). The molecule has 1 aliphatic heterocycles. The normalized spacial score (nSPS) is 23.2. The van der Waals surface area contributed by atoms with Crippen LogP contribution in [0, 0.1) is 6.92 Å². The number of carbonyl (C=O) groups is 2. The van der Waals surface area contributed by atoms with Crippen molar-refractivity contribution in [1.82, 2.24) is 5.32 Å². The number of amides is 1. The van der Waals surface area contributed by atoms with Crippen molar-refractivity contribution >= 4 is 21.5 Å². The van der Waals surface area contributed by atoms with E-state index in [9.17, 15) is 18.0 Å². The van der Waals surface area contributed by atoms with E-state index in [4.69, 9.17) is 0 Å². The van der Waals surface area contributed by atoms with E-state index in [1.807, 2.05) is 19.1 Å². The molecule has 5 nitrogen and oxygen atoms in total. The maximum atomic E-state index is 12.0. The zero-order valence-electron chi connectivity index (χ0n) is 12.9. The van der Waals surface area contributed by atoms with Crippen LogP contribution in [0.25, 0.3) is 0 Å². The highest BCUT2D eigenvalue weighted by Gasteiger charge is 2.39. The van der Waals surface area contributed by atoms with Crippen LogP contribution in [0.4, 0.5) is 0 Å². The van der Waals surface area contributed by atoms with Gasteiger partial charge in [0.2, 0.25) is 5.91 Å². The molecule has 22 heavy (non-hydrogen) atoms. The molecule has 120 valence electrons. The van der Waals surface area contributed by atoms with Gasteiger partial charge in [-0.05, 0) is 20.3 Å². The van der Waals surface area contributed by atoms with Gasteiger partial charge in [-0.1, -0.05) is 29.8 Å². The summed E-state index contributed by atoms with van der Waals surface area (Å²) >= 11 is 0. The van der Waals surface area contributed by atoms with E-state index in [0.29, 0.717) is 12.0 Å². The van der Waals surface area contributed by atoms with Crippen LogP contribution < -0.4 is 5.32 Å². The summed E-state index contributed by atoms with van der Waals surface area (Å²) < 4.78 is 23.0. The number of aryl methyl sites for hydroxylation is 1. The fraction of sp³-hybridized carbons (Fsp3) is 0.500. The number of benzene rings is 1. The van der Waals surface area contributed by atoms with Crippen LogP contribution in [-0.2, 0) is 14.6 Å². The number of hydrogen-bond donors (Lipinski definition) is 1. The van der Waals surface area contributed by atoms with Gasteiger partial charge in [0.05, 0.1) is 17.0 Å². The molecule has 1 saturated heterocycles. The second-order valence-corrected chi connectivity index (χ2v) is 8.42. The number of carbonyl (C=O) groups excluding carboxylic acids is 2. The van der Waals surface area contributed by atoms with Gasteiger partial charge in [-0.2, -0.15) is 0 Å². The highest BCUT2D eigenvalue weighted by molar-refractivity contribution is 7.91. The van der Waals surface area contributed by atoms with Crippen LogP contribution in [0.3, 0.4) is 0 Å². The van der Waals surface area contributed by atoms with Gasteiger partial charge in [-0.25, -0.2) is 8.42 Å². The second kappa shape index (κ2) is 6.20. The van der Waals surface area contributed by atoms with Gasteiger partial charge in [0.25, 0.3) is 0 Å². The standard InChI is InChI=1S/C16H21NO4S/c1-12-3-5-13(6-4-12)14(18)7-8-15(19)17-16(2)9-10-22(20,21)11-16/h3-6H,7-11H2,1-2H3,(H,17,19). The molecule has 1 unspecified atom stereocenters. The fourth-order valence-corrected chi connectivity index (χ4v) is 4.71. The van der Waals surface area contributed by atoms with Crippen molar-refractivity contribution in [3.63, 3.8) is 0 Å². The first kappa shape index (κ1) is 16.7. The molecule has 6 heteroatoms. The van der Waals surface area contributed by atoms with Gasteiger partial charge < -0.3 is 5.32 Å². The maximum absolute atomic E-state index is 12.0. The lowest BCUT2D eigenvalue weighted by Gasteiger charge is -2.23. The molecule has 1 amide bonds. The molecule has 0 saturated carbocycles. The number of rotatable bonds is 5. The van der Waals surface area contributed by atoms with Crippen LogP contribution >= 0.6 is 0 Å². The lowest BCUT2D eigenvalue weighted by atomic mass is 10.0. The third kappa shape index (κ3) is 4.40. The Hall–Kier alpha value is -1.69. The molecule has 1 heterocycles. The lowest BCUT2D eigenvalue weighted by molar-refractivity contribution is -0.122. The fourth-order valence-electron chi connectivity index (χ4n) is 2.62. The van der Waals surface area contributed by atoms with E-state index in [2.05, 4.69) is 5.32 Å². The molecule has 1 N–H and O–H groups in total. The van der Waals surface area contributed by atoms with Gasteiger partial charge in [-0.15, -0.1) is 0 Å². The summed E-state index contributed by atoms with van der Waals surface area (Å²) in [5, 5.41) is 2.76. The summed E-state index contributed by atoms with van der Waals surface area (Å²) in [7, 11) is -3.06. The SMILES string of the molecule is Cc1ccc(C(=O)CCC(=O)NC2(C)CCS(=O)(=O)C2)cc1. The van der Waals surface area contributed by atoms with Crippen molar-refractivity contribution in [2.45, 2.75) is 38.6 Å². The molecule has 0 bridgehead atoms. The van der Waals surface area contributed by atoms with E-state index in [-0.39, 0.29) is 36.0 Å². The smallest absolute Gasteiger partial charge is 0.220 e. The molecule has 1 aliphatic rings. The van der Waals surface area contributed by atoms with Gasteiger partial charge in [0.15, 0.2) is 15.6 Å². The third-order valence-corrected chi connectivity index (χ3v) is 5.80. The van der Waals surface area contributed by atoms with Crippen molar-refractivity contribution < 1.29 is 18.0 Å². The number of ketones is 1. The van der Waals surface area contributed by atoms with Crippen LogP contribution in [0.1, 0.15) is 42.1 Å². The first-order valence-electron chi connectivity index (χ1n) is 7.30. The molecule has 1 aromatic carbocycles. The Balaban J connectivity index is 1.85. The zero-order chi connectivity index (χ0) is 16.4. The topological polar surface area (TPSA) is 80.3 Å². The Morgan fingerprint density at radius 2 is 1.82 bits per heavy atom. The van der Waals surface area contributed by atoms with Gasteiger partial charge in [-0.3, -0.25) is 9.59 Å². The summed E-state index contributed by atoms with van der Waals surface area (Å²) in [6.45, 7) is 3.68. The lowest BCUT2D eigenvalue weighted by Crippen LogP contribution is -2.46. The average Bonchev–Trinajstić information content (AvgIpc) is 2.70. The van der Waals surface area contributed by atoms with Crippen molar-refractivity contribution in [2.24, 2.45) is 0 Å². The second-order valence-electron chi connectivity index (χ2n) is 6.24. The Morgan fingerprint density at radius 3 is 2.36 bits per heavy atom. The summed E-state index contributed by atoms with van der Waals surface area (Å²) in [6.07, 6.45) is 0.618. The molecule has 1 atom stereocenters. The quantitative estimate of drug-likeness (QED) is 0.836. The highest BCUT2D eigenvalue weighted by atomic mass is 32.2. The Bertz CT molecular complexity index is 679. The number of Topliss-reactive ketones (excluding diaryl/α,β-unsaturated/α-hetero) is 1. The minimum Gasteiger partial charge on any atom is -0.350 e. The van der Waals surface area contributed by atoms with Gasteiger partial charge in [0.1, 0.15) is 0 Å². The van der Waals surface area contributed by atoms with Crippen molar-refractivity contribution in [2.75, 3.05) is 11.5 Å². The highest BCUT2D eigenvalue weighted by Crippen LogP contribution is 2.23. The monoisotopic (exact) mass is 323 g/mol. The molecule has 0 aromatic heterocycles. The predicted octanol–water partition coefficient (Wildman–Crippen LogP) is 1.65. The number of nitrogens with one attached hydrogen (secondary N) is 1. The average molecular weight is 323 g/mol. The van der Waals surface area contributed by atoms with E-state index >= 15 is 0 Å². The van der Waals surface area contributed by atoms with E-state index in [0.717, 1.165) is 5.56 Å². The van der Waals surface area contributed by atoms with Crippen molar-refractivity contribution in [3.8, 4) is 0 Å². The first-order valence-corrected chi connectivity index (χ1v) is 9.13. The molecule has 0 spiro atoms. The largest absolute Gasteiger partial charge is 0.350 e. The van der Waals surface area contributed by atoms with Crippen LogP contribution in [0.5, 0.6) is 0 Å². The summed E-state index contributed by atoms with van der Waals surface area (Å²) in [5.41, 5.74) is 0.959. The number of sulfone groups is 1.